The molecule has 2 aliphatic heterocycles. The van der Waals surface area contributed by atoms with Crippen LogP contribution >= 0.6 is 0 Å². The van der Waals surface area contributed by atoms with Gasteiger partial charge in [0.05, 0.1) is 20.8 Å². The zero-order chi connectivity index (χ0) is 22.5. The molecule has 2 heterocycles. The number of carbonyl (C=O) groups excluding carboxylic acids is 1. The first kappa shape index (κ1) is 22.5. The van der Waals surface area contributed by atoms with E-state index >= 15 is 0 Å². The molecule has 0 N–H and O–H groups in total. The third kappa shape index (κ3) is 5.01. The highest BCUT2D eigenvalue weighted by molar-refractivity contribution is 5.78. The molecule has 2 aromatic carbocycles. The summed E-state index contributed by atoms with van der Waals surface area (Å²) in [4.78, 5) is 19.7. The first-order chi connectivity index (χ1) is 15.6. The molecule has 0 bridgehead atoms. The molecule has 0 unspecified atom stereocenters. The smallest absolute Gasteiger partial charge is 0.237 e. The van der Waals surface area contributed by atoms with Gasteiger partial charge in [0.1, 0.15) is 0 Å². The van der Waals surface area contributed by atoms with Crippen LogP contribution in [0.15, 0.2) is 36.4 Å². The molecule has 4 rings (SSSR count). The number of hydrogen-bond acceptors (Lipinski definition) is 5. The summed E-state index contributed by atoms with van der Waals surface area (Å²) in [5.74, 6) is 1.63. The molecule has 6 heteroatoms. The third-order valence-electron chi connectivity index (χ3n) is 6.60. The van der Waals surface area contributed by atoms with E-state index in [9.17, 15) is 4.79 Å². The van der Waals surface area contributed by atoms with Crippen molar-refractivity contribution in [1.82, 2.24) is 9.80 Å². The average Bonchev–Trinajstić information content (AvgIpc) is 2.83. The van der Waals surface area contributed by atoms with E-state index in [1.807, 2.05) is 24.1 Å². The van der Waals surface area contributed by atoms with Crippen molar-refractivity contribution in [3.8, 4) is 11.5 Å². The highest BCUT2D eigenvalue weighted by atomic mass is 16.5. The van der Waals surface area contributed by atoms with Crippen LogP contribution in [0.1, 0.15) is 36.0 Å². The van der Waals surface area contributed by atoms with E-state index in [2.05, 4.69) is 34.1 Å². The fraction of sp³-hybridized carbons (Fsp3) is 0.500. The number of rotatable bonds is 7. The number of benzene rings is 2. The van der Waals surface area contributed by atoms with Crippen LogP contribution in [0.25, 0.3) is 0 Å². The topological polar surface area (TPSA) is 45.3 Å². The SMILES string of the molecule is COc1cc2c(cc1OC)CN(C(=O)CN(C)Cc1ccccc1N1CCCCC1)CC2. The molecule has 0 aliphatic carbocycles. The number of likely N-dealkylation sites (N-methyl/N-ethyl adjacent to an activating group) is 1. The minimum atomic E-state index is 0.170. The molecular weight excluding hydrogens is 402 g/mol. The van der Waals surface area contributed by atoms with Crippen LogP contribution in [0.2, 0.25) is 0 Å². The molecule has 1 saturated heterocycles. The fourth-order valence-corrected chi connectivity index (χ4v) is 4.86. The second-order valence-electron chi connectivity index (χ2n) is 8.89. The number of carbonyl (C=O) groups is 1. The summed E-state index contributed by atoms with van der Waals surface area (Å²) in [5, 5.41) is 0. The van der Waals surface area contributed by atoms with Crippen molar-refractivity contribution in [1.29, 1.82) is 0 Å². The van der Waals surface area contributed by atoms with E-state index < -0.39 is 0 Å². The Morgan fingerprint density at radius 1 is 0.969 bits per heavy atom. The lowest BCUT2D eigenvalue weighted by Gasteiger charge is -2.32. The molecule has 0 aromatic heterocycles. The quantitative estimate of drug-likeness (QED) is 0.661. The highest BCUT2D eigenvalue weighted by Gasteiger charge is 2.24. The van der Waals surface area contributed by atoms with Gasteiger partial charge in [-0.05, 0) is 67.6 Å². The van der Waals surface area contributed by atoms with E-state index in [-0.39, 0.29) is 5.91 Å². The summed E-state index contributed by atoms with van der Waals surface area (Å²) in [6.07, 6.45) is 4.68. The normalized spacial score (nSPS) is 16.1. The van der Waals surface area contributed by atoms with Crippen LogP contribution in [-0.4, -0.2) is 63.2 Å². The number of hydrogen-bond donors (Lipinski definition) is 0. The molecular formula is C26H35N3O3. The Bertz CT molecular complexity index is 940. The van der Waals surface area contributed by atoms with Gasteiger partial charge in [0.15, 0.2) is 11.5 Å². The second kappa shape index (κ2) is 10.3. The van der Waals surface area contributed by atoms with Crippen LogP contribution in [0.4, 0.5) is 5.69 Å². The maximum absolute atomic E-state index is 13.1. The predicted octanol–water partition coefficient (Wildman–Crippen LogP) is 3.71. The van der Waals surface area contributed by atoms with Gasteiger partial charge >= 0.3 is 0 Å². The van der Waals surface area contributed by atoms with Gasteiger partial charge in [0.25, 0.3) is 0 Å². The molecule has 0 radical (unpaired) electrons. The standard InChI is InChI=1S/C26H35N3O3/c1-27(17-21-9-5-6-10-23(21)28-12-7-4-8-13-28)19-26(30)29-14-11-20-15-24(31-2)25(32-3)16-22(20)18-29/h5-6,9-10,15-16H,4,7-8,11-14,17-19H2,1-3H3. The number of nitrogens with zero attached hydrogens (tertiary/aromatic N) is 3. The molecule has 0 atom stereocenters. The predicted molar refractivity (Wildman–Crippen MR) is 128 cm³/mol. The number of ether oxygens (including phenoxy) is 2. The zero-order valence-electron chi connectivity index (χ0n) is 19.6. The first-order valence-electron chi connectivity index (χ1n) is 11.6. The molecule has 1 fully saturated rings. The monoisotopic (exact) mass is 437 g/mol. The summed E-state index contributed by atoms with van der Waals surface area (Å²) in [6, 6.07) is 12.7. The molecule has 2 aromatic rings. The number of fused-ring (bicyclic) bond motifs is 1. The summed E-state index contributed by atoms with van der Waals surface area (Å²) in [6.45, 7) is 4.79. The minimum absolute atomic E-state index is 0.170. The summed E-state index contributed by atoms with van der Waals surface area (Å²) in [5.41, 5.74) is 4.99. The van der Waals surface area contributed by atoms with E-state index in [0.717, 1.165) is 43.9 Å². The minimum Gasteiger partial charge on any atom is -0.493 e. The maximum atomic E-state index is 13.1. The van der Waals surface area contributed by atoms with E-state index in [1.54, 1.807) is 14.2 Å². The number of amides is 1. The van der Waals surface area contributed by atoms with Crippen molar-refractivity contribution in [2.45, 2.75) is 38.8 Å². The maximum Gasteiger partial charge on any atom is 0.237 e. The molecule has 0 saturated carbocycles. The van der Waals surface area contributed by atoms with Crippen LogP contribution in [-0.2, 0) is 24.3 Å². The Labute approximate surface area is 191 Å². The van der Waals surface area contributed by atoms with Gasteiger partial charge in [0.2, 0.25) is 5.91 Å². The van der Waals surface area contributed by atoms with Crippen molar-refractivity contribution in [2.75, 3.05) is 52.3 Å². The van der Waals surface area contributed by atoms with Gasteiger partial charge in [-0.15, -0.1) is 0 Å². The van der Waals surface area contributed by atoms with E-state index in [0.29, 0.717) is 18.8 Å². The summed E-state index contributed by atoms with van der Waals surface area (Å²) in [7, 11) is 5.34. The van der Waals surface area contributed by atoms with Gasteiger partial charge in [-0.1, -0.05) is 18.2 Å². The van der Waals surface area contributed by atoms with Crippen LogP contribution in [0.3, 0.4) is 0 Å². The molecule has 0 spiro atoms. The Hall–Kier alpha value is -2.73. The van der Waals surface area contributed by atoms with Crippen LogP contribution in [0.5, 0.6) is 11.5 Å². The van der Waals surface area contributed by atoms with Crippen molar-refractivity contribution in [3.05, 3.63) is 53.1 Å². The van der Waals surface area contributed by atoms with E-state index in [4.69, 9.17) is 9.47 Å². The molecule has 1 amide bonds. The number of piperidine rings is 1. The number of methoxy groups -OCH3 is 2. The van der Waals surface area contributed by atoms with Gasteiger partial charge in [0, 0.05) is 38.4 Å². The van der Waals surface area contributed by atoms with Gasteiger partial charge < -0.3 is 19.3 Å². The van der Waals surface area contributed by atoms with Gasteiger partial charge in [-0.2, -0.15) is 0 Å². The van der Waals surface area contributed by atoms with Crippen LogP contribution in [0, 0.1) is 0 Å². The van der Waals surface area contributed by atoms with Crippen molar-refractivity contribution in [2.24, 2.45) is 0 Å². The molecule has 32 heavy (non-hydrogen) atoms. The molecule has 172 valence electrons. The summed E-state index contributed by atoms with van der Waals surface area (Å²) < 4.78 is 10.9. The van der Waals surface area contributed by atoms with E-state index in [1.165, 1.54) is 36.1 Å². The number of para-hydroxylation sites is 1. The van der Waals surface area contributed by atoms with Crippen LogP contribution < -0.4 is 14.4 Å². The van der Waals surface area contributed by atoms with Crippen molar-refractivity contribution < 1.29 is 14.3 Å². The fourth-order valence-electron chi connectivity index (χ4n) is 4.86. The lowest BCUT2D eigenvalue weighted by Crippen LogP contribution is -2.41. The Balaban J connectivity index is 1.39. The van der Waals surface area contributed by atoms with Gasteiger partial charge in [-0.3, -0.25) is 9.69 Å². The zero-order valence-corrected chi connectivity index (χ0v) is 19.6. The largest absolute Gasteiger partial charge is 0.493 e. The molecule has 6 nitrogen and oxygen atoms in total. The number of anilines is 1. The Morgan fingerprint density at radius 2 is 1.66 bits per heavy atom. The van der Waals surface area contributed by atoms with Crippen molar-refractivity contribution >= 4 is 11.6 Å². The van der Waals surface area contributed by atoms with Crippen molar-refractivity contribution in [3.63, 3.8) is 0 Å². The lowest BCUT2D eigenvalue weighted by molar-refractivity contribution is -0.133. The summed E-state index contributed by atoms with van der Waals surface area (Å²) >= 11 is 0. The highest BCUT2D eigenvalue weighted by Crippen LogP contribution is 2.33. The Morgan fingerprint density at radius 3 is 2.38 bits per heavy atom. The van der Waals surface area contributed by atoms with Gasteiger partial charge in [-0.25, -0.2) is 0 Å². The first-order valence-corrected chi connectivity index (χ1v) is 11.6. The second-order valence-corrected chi connectivity index (χ2v) is 8.89. The lowest BCUT2D eigenvalue weighted by atomic mass is 9.98. The molecule has 2 aliphatic rings. The Kier molecular flexibility index (Phi) is 7.20. The average molecular weight is 438 g/mol. The third-order valence-corrected chi connectivity index (χ3v) is 6.60.